The van der Waals surface area contributed by atoms with Gasteiger partial charge in [-0.15, -0.1) is 0 Å². The Morgan fingerprint density at radius 1 is 1.23 bits per heavy atom. The fourth-order valence-corrected chi connectivity index (χ4v) is 2.90. The Balaban J connectivity index is 2.20. The van der Waals surface area contributed by atoms with Crippen LogP contribution >= 0.6 is 0 Å². The molecule has 0 aliphatic heterocycles. The lowest BCUT2D eigenvalue weighted by molar-refractivity contribution is 0.0913. The van der Waals surface area contributed by atoms with E-state index in [2.05, 4.69) is 5.32 Å². The SMILES string of the molecule is Cc1ccc(C)c2c(C)c(C(=O)NCC(C)CC(C)O)oc12. The molecule has 2 unspecified atom stereocenters. The minimum atomic E-state index is -0.356. The van der Waals surface area contributed by atoms with Crippen LogP contribution in [-0.2, 0) is 0 Å². The number of hydrogen-bond acceptors (Lipinski definition) is 3. The van der Waals surface area contributed by atoms with E-state index in [0.717, 1.165) is 27.7 Å². The molecular formula is C18H25NO3. The molecule has 4 nitrogen and oxygen atoms in total. The molecule has 2 atom stereocenters. The zero-order valence-electron chi connectivity index (χ0n) is 14.0. The average Bonchev–Trinajstić information content (AvgIpc) is 2.79. The Morgan fingerprint density at radius 2 is 1.86 bits per heavy atom. The third-order valence-corrected chi connectivity index (χ3v) is 4.04. The van der Waals surface area contributed by atoms with Crippen LogP contribution in [0.5, 0.6) is 0 Å². The molecule has 0 saturated carbocycles. The summed E-state index contributed by atoms with van der Waals surface area (Å²) < 4.78 is 5.82. The van der Waals surface area contributed by atoms with E-state index < -0.39 is 0 Å². The van der Waals surface area contributed by atoms with Gasteiger partial charge in [-0.05, 0) is 51.2 Å². The van der Waals surface area contributed by atoms with Crippen molar-refractivity contribution in [2.45, 2.75) is 47.1 Å². The average molecular weight is 303 g/mol. The van der Waals surface area contributed by atoms with Crippen molar-refractivity contribution >= 4 is 16.9 Å². The molecule has 1 aromatic carbocycles. The largest absolute Gasteiger partial charge is 0.450 e. The smallest absolute Gasteiger partial charge is 0.287 e. The van der Waals surface area contributed by atoms with E-state index in [4.69, 9.17) is 4.42 Å². The number of hydrogen-bond donors (Lipinski definition) is 2. The van der Waals surface area contributed by atoms with Crippen LogP contribution in [0.25, 0.3) is 11.0 Å². The highest BCUT2D eigenvalue weighted by Crippen LogP contribution is 2.30. The molecule has 0 radical (unpaired) electrons. The zero-order chi connectivity index (χ0) is 16.4. The summed E-state index contributed by atoms with van der Waals surface area (Å²) in [5, 5.41) is 13.3. The Morgan fingerprint density at radius 3 is 2.45 bits per heavy atom. The standard InChI is InChI=1S/C18H25NO3/c1-10(8-13(4)20)9-19-18(21)17-14(5)15-11(2)6-7-12(3)16(15)22-17/h6-7,10,13,20H,8-9H2,1-5H3,(H,19,21). The Labute approximate surface area is 131 Å². The molecule has 1 amide bonds. The number of benzene rings is 1. The third-order valence-electron chi connectivity index (χ3n) is 4.04. The van der Waals surface area contributed by atoms with E-state index in [1.54, 1.807) is 6.92 Å². The highest BCUT2D eigenvalue weighted by Gasteiger charge is 2.20. The maximum absolute atomic E-state index is 12.4. The van der Waals surface area contributed by atoms with E-state index in [9.17, 15) is 9.90 Å². The molecule has 0 aliphatic carbocycles. The molecular weight excluding hydrogens is 278 g/mol. The predicted molar refractivity (Wildman–Crippen MR) is 88.2 cm³/mol. The number of aliphatic hydroxyl groups excluding tert-OH is 1. The fourth-order valence-electron chi connectivity index (χ4n) is 2.90. The van der Waals surface area contributed by atoms with Crippen molar-refractivity contribution in [2.24, 2.45) is 5.92 Å². The lowest BCUT2D eigenvalue weighted by Crippen LogP contribution is -2.29. The van der Waals surface area contributed by atoms with Crippen LogP contribution in [0.3, 0.4) is 0 Å². The van der Waals surface area contributed by atoms with Gasteiger partial charge in [-0.2, -0.15) is 0 Å². The quantitative estimate of drug-likeness (QED) is 0.888. The molecule has 4 heteroatoms. The number of rotatable bonds is 5. The number of fused-ring (bicyclic) bond motifs is 1. The molecule has 120 valence electrons. The van der Waals surface area contributed by atoms with Crippen molar-refractivity contribution in [1.82, 2.24) is 5.32 Å². The van der Waals surface area contributed by atoms with Crippen LogP contribution in [0, 0.1) is 26.7 Å². The van der Waals surface area contributed by atoms with E-state index in [1.807, 2.05) is 39.8 Å². The molecule has 2 N–H and O–H groups in total. The van der Waals surface area contributed by atoms with Gasteiger partial charge in [0.1, 0.15) is 5.58 Å². The molecule has 0 spiro atoms. The first-order chi connectivity index (χ1) is 10.3. The van der Waals surface area contributed by atoms with Gasteiger partial charge in [0.25, 0.3) is 5.91 Å². The van der Waals surface area contributed by atoms with E-state index in [0.29, 0.717) is 18.7 Å². The van der Waals surface area contributed by atoms with Gasteiger partial charge in [-0.3, -0.25) is 4.79 Å². The number of furan rings is 1. The maximum atomic E-state index is 12.4. The van der Waals surface area contributed by atoms with Crippen LogP contribution < -0.4 is 5.32 Å². The van der Waals surface area contributed by atoms with Crippen molar-refractivity contribution in [2.75, 3.05) is 6.54 Å². The molecule has 0 aliphatic rings. The van der Waals surface area contributed by atoms with Crippen LogP contribution in [0.15, 0.2) is 16.5 Å². The van der Waals surface area contributed by atoms with E-state index >= 15 is 0 Å². The Hall–Kier alpha value is -1.81. The van der Waals surface area contributed by atoms with Gasteiger partial charge >= 0.3 is 0 Å². The minimum absolute atomic E-state index is 0.190. The number of carbonyl (C=O) groups is 1. The minimum Gasteiger partial charge on any atom is -0.450 e. The van der Waals surface area contributed by atoms with Crippen molar-refractivity contribution in [3.63, 3.8) is 0 Å². The molecule has 1 heterocycles. The van der Waals surface area contributed by atoms with Gasteiger partial charge in [0, 0.05) is 17.5 Å². The molecule has 0 fully saturated rings. The third kappa shape index (κ3) is 3.33. The van der Waals surface area contributed by atoms with Crippen molar-refractivity contribution < 1.29 is 14.3 Å². The summed E-state index contributed by atoms with van der Waals surface area (Å²) in [7, 11) is 0. The van der Waals surface area contributed by atoms with Crippen LogP contribution in [0.1, 0.15) is 47.5 Å². The monoisotopic (exact) mass is 303 g/mol. The normalized spacial score (nSPS) is 14.1. The summed E-state index contributed by atoms with van der Waals surface area (Å²) in [6, 6.07) is 4.06. The lowest BCUT2D eigenvalue weighted by atomic mass is 10.0. The second-order valence-corrected chi connectivity index (χ2v) is 6.36. The topological polar surface area (TPSA) is 62.5 Å². The van der Waals surface area contributed by atoms with Crippen LogP contribution in [0.4, 0.5) is 0 Å². The van der Waals surface area contributed by atoms with Gasteiger partial charge in [0.2, 0.25) is 0 Å². The van der Waals surface area contributed by atoms with Crippen molar-refractivity contribution in [3.8, 4) is 0 Å². The molecule has 2 rings (SSSR count). The molecule has 2 aromatic rings. The van der Waals surface area contributed by atoms with Gasteiger partial charge in [-0.25, -0.2) is 0 Å². The Bertz CT molecular complexity index is 685. The molecule has 22 heavy (non-hydrogen) atoms. The first-order valence-electron chi connectivity index (χ1n) is 7.76. The van der Waals surface area contributed by atoms with E-state index in [1.165, 1.54) is 0 Å². The highest BCUT2D eigenvalue weighted by atomic mass is 16.3. The summed E-state index contributed by atoms with van der Waals surface area (Å²) in [5.74, 6) is 0.415. The summed E-state index contributed by atoms with van der Waals surface area (Å²) in [6.45, 7) is 10.2. The predicted octanol–water partition coefficient (Wildman–Crippen LogP) is 3.49. The molecule has 0 saturated heterocycles. The highest BCUT2D eigenvalue weighted by molar-refractivity contribution is 6.00. The number of aryl methyl sites for hydroxylation is 3. The Kier molecular flexibility index (Phi) is 4.91. The second-order valence-electron chi connectivity index (χ2n) is 6.36. The lowest BCUT2D eigenvalue weighted by Gasteiger charge is -2.13. The van der Waals surface area contributed by atoms with Gasteiger partial charge in [0.05, 0.1) is 6.10 Å². The molecule has 0 bridgehead atoms. The zero-order valence-corrected chi connectivity index (χ0v) is 14.0. The fraction of sp³-hybridized carbons (Fsp3) is 0.500. The summed E-state index contributed by atoms with van der Waals surface area (Å²) >= 11 is 0. The summed E-state index contributed by atoms with van der Waals surface area (Å²) in [6.07, 6.45) is 0.308. The van der Waals surface area contributed by atoms with Crippen molar-refractivity contribution in [1.29, 1.82) is 0 Å². The number of aliphatic hydroxyl groups is 1. The first-order valence-corrected chi connectivity index (χ1v) is 7.76. The first kappa shape index (κ1) is 16.6. The van der Waals surface area contributed by atoms with Crippen LogP contribution in [-0.4, -0.2) is 23.7 Å². The molecule has 1 aromatic heterocycles. The van der Waals surface area contributed by atoms with Gasteiger partial charge < -0.3 is 14.8 Å². The number of amides is 1. The second kappa shape index (κ2) is 6.53. The van der Waals surface area contributed by atoms with E-state index in [-0.39, 0.29) is 17.9 Å². The van der Waals surface area contributed by atoms with Gasteiger partial charge in [-0.1, -0.05) is 19.1 Å². The van der Waals surface area contributed by atoms with Gasteiger partial charge in [0.15, 0.2) is 5.76 Å². The maximum Gasteiger partial charge on any atom is 0.287 e. The van der Waals surface area contributed by atoms with Crippen molar-refractivity contribution in [3.05, 3.63) is 34.6 Å². The number of nitrogens with one attached hydrogen (secondary N) is 1. The number of carbonyl (C=O) groups excluding carboxylic acids is 1. The van der Waals surface area contributed by atoms with Crippen LogP contribution in [0.2, 0.25) is 0 Å². The summed E-state index contributed by atoms with van der Waals surface area (Å²) in [5.41, 5.74) is 3.82. The summed E-state index contributed by atoms with van der Waals surface area (Å²) in [4.78, 5) is 12.4.